The molecule has 0 aliphatic rings. The van der Waals surface area contributed by atoms with Gasteiger partial charge in [0, 0.05) is 25.0 Å². The minimum absolute atomic E-state index is 0.0598. The summed E-state index contributed by atoms with van der Waals surface area (Å²) in [5.41, 5.74) is 0.362. The Balaban J connectivity index is 2.67. The summed E-state index contributed by atoms with van der Waals surface area (Å²) >= 11 is 5.36. The zero-order valence-electron chi connectivity index (χ0n) is 9.24. The quantitative estimate of drug-likeness (QED) is 0.845. The number of nitrogens with one attached hydrogen (secondary N) is 1. The maximum atomic E-state index is 12.9. The molecule has 3 amide bonds. The maximum Gasteiger partial charge on any atom is 0.328 e. The molecule has 0 bridgehead atoms. The van der Waals surface area contributed by atoms with Crippen molar-refractivity contribution in [1.82, 2.24) is 5.32 Å². The lowest BCUT2D eigenvalue weighted by atomic mass is 10.3. The van der Waals surface area contributed by atoms with E-state index >= 15 is 0 Å². The third-order valence-electron chi connectivity index (χ3n) is 2.07. The van der Waals surface area contributed by atoms with Crippen LogP contribution in [0.2, 0.25) is 0 Å². The first kappa shape index (κ1) is 13.4. The molecule has 1 aromatic carbocycles. The minimum Gasteiger partial charge on any atom is -0.297 e. The molecule has 0 heterocycles. The molecule has 92 valence electrons. The van der Waals surface area contributed by atoms with Gasteiger partial charge in [0.2, 0.25) is 5.91 Å². The molecule has 0 aromatic heterocycles. The van der Waals surface area contributed by atoms with Crippen molar-refractivity contribution >= 4 is 29.2 Å². The predicted molar refractivity (Wildman–Crippen MR) is 63.7 cm³/mol. The van der Waals surface area contributed by atoms with Crippen LogP contribution in [0, 0.1) is 5.82 Å². The van der Waals surface area contributed by atoms with Crippen LogP contribution in [0.15, 0.2) is 24.3 Å². The number of nitrogens with zero attached hydrogens (tertiary/aromatic N) is 1. The molecule has 0 aliphatic carbocycles. The van der Waals surface area contributed by atoms with Crippen LogP contribution in [-0.4, -0.2) is 24.9 Å². The van der Waals surface area contributed by atoms with E-state index in [4.69, 9.17) is 11.6 Å². The van der Waals surface area contributed by atoms with Crippen LogP contribution >= 0.6 is 11.6 Å². The first-order valence-electron chi connectivity index (χ1n) is 4.93. The van der Waals surface area contributed by atoms with Crippen LogP contribution < -0.4 is 10.2 Å². The number of imide groups is 1. The first-order valence-corrected chi connectivity index (χ1v) is 5.47. The second-order valence-electron chi connectivity index (χ2n) is 3.33. The molecular formula is C11H12ClFN2O2. The van der Waals surface area contributed by atoms with Crippen LogP contribution in [0.4, 0.5) is 14.9 Å². The molecule has 0 spiro atoms. The number of hydrogen-bond donors (Lipinski definition) is 1. The topological polar surface area (TPSA) is 49.4 Å². The van der Waals surface area contributed by atoms with Crippen molar-refractivity contribution in [3.63, 3.8) is 0 Å². The van der Waals surface area contributed by atoms with E-state index in [2.05, 4.69) is 5.32 Å². The monoisotopic (exact) mass is 258 g/mol. The van der Waals surface area contributed by atoms with Gasteiger partial charge in [0.15, 0.2) is 0 Å². The van der Waals surface area contributed by atoms with Crippen molar-refractivity contribution in [2.24, 2.45) is 0 Å². The van der Waals surface area contributed by atoms with E-state index in [0.29, 0.717) is 5.69 Å². The number of carbonyl (C=O) groups is 2. The lowest BCUT2D eigenvalue weighted by Crippen LogP contribution is -2.40. The summed E-state index contributed by atoms with van der Waals surface area (Å²) in [4.78, 5) is 23.9. The van der Waals surface area contributed by atoms with Crippen LogP contribution in [0.1, 0.15) is 6.42 Å². The van der Waals surface area contributed by atoms with Crippen molar-refractivity contribution in [1.29, 1.82) is 0 Å². The van der Waals surface area contributed by atoms with E-state index < -0.39 is 17.8 Å². The number of hydrogen-bond acceptors (Lipinski definition) is 2. The van der Waals surface area contributed by atoms with Crippen LogP contribution in [0.5, 0.6) is 0 Å². The van der Waals surface area contributed by atoms with Gasteiger partial charge in [0.25, 0.3) is 0 Å². The molecule has 0 atom stereocenters. The second-order valence-corrected chi connectivity index (χ2v) is 3.71. The Morgan fingerprint density at radius 3 is 2.76 bits per heavy atom. The normalized spacial score (nSPS) is 9.82. The largest absolute Gasteiger partial charge is 0.328 e. The Morgan fingerprint density at radius 2 is 2.18 bits per heavy atom. The SMILES string of the molecule is CN(C(=O)NC(=O)CCCl)c1cccc(F)c1. The van der Waals surface area contributed by atoms with Gasteiger partial charge in [-0.1, -0.05) is 6.07 Å². The van der Waals surface area contributed by atoms with E-state index in [-0.39, 0.29) is 12.3 Å². The van der Waals surface area contributed by atoms with Crippen LogP contribution in [0.3, 0.4) is 0 Å². The summed E-state index contributed by atoms with van der Waals surface area (Å²) < 4.78 is 12.9. The Bertz CT molecular complexity index is 426. The predicted octanol–water partition coefficient (Wildman–Crippen LogP) is 2.13. The second kappa shape index (κ2) is 6.20. The van der Waals surface area contributed by atoms with Gasteiger partial charge < -0.3 is 0 Å². The molecule has 6 heteroatoms. The van der Waals surface area contributed by atoms with Gasteiger partial charge in [-0.25, -0.2) is 9.18 Å². The number of anilines is 1. The van der Waals surface area contributed by atoms with Crippen molar-refractivity contribution in [3.8, 4) is 0 Å². The van der Waals surface area contributed by atoms with Gasteiger partial charge >= 0.3 is 6.03 Å². The van der Waals surface area contributed by atoms with Gasteiger partial charge in [-0.05, 0) is 18.2 Å². The van der Waals surface area contributed by atoms with Gasteiger partial charge in [-0.3, -0.25) is 15.0 Å². The summed E-state index contributed by atoms with van der Waals surface area (Å²) in [6.45, 7) is 0. The fraction of sp³-hybridized carbons (Fsp3) is 0.273. The summed E-state index contributed by atoms with van der Waals surface area (Å²) in [6.07, 6.45) is 0.0598. The first-order chi connectivity index (χ1) is 8.04. The molecule has 0 saturated heterocycles. The number of alkyl halides is 1. The zero-order chi connectivity index (χ0) is 12.8. The van der Waals surface area contributed by atoms with Crippen molar-refractivity contribution < 1.29 is 14.0 Å². The highest BCUT2D eigenvalue weighted by Gasteiger charge is 2.13. The van der Waals surface area contributed by atoms with Gasteiger partial charge in [-0.2, -0.15) is 0 Å². The summed E-state index contributed by atoms with van der Waals surface area (Å²) in [6, 6.07) is 4.90. The molecule has 0 radical (unpaired) electrons. The number of halogens is 2. The summed E-state index contributed by atoms with van der Waals surface area (Å²) in [7, 11) is 1.44. The highest BCUT2D eigenvalue weighted by Crippen LogP contribution is 2.13. The smallest absolute Gasteiger partial charge is 0.297 e. The lowest BCUT2D eigenvalue weighted by Gasteiger charge is -2.17. The Morgan fingerprint density at radius 1 is 1.47 bits per heavy atom. The third-order valence-corrected chi connectivity index (χ3v) is 2.26. The average Bonchev–Trinajstić information content (AvgIpc) is 2.28. The van der Waals surface area contributed by atoms with Crippen LogP contribution in [-0.2, 0) is 4.79 Å². The van der Waals surface area contributed by atoms with E-state index in [1.165, 1.54) is 25.2 Å². The van der Waals surface area contributed by atoms with E-state index in [0.717, 1.165) is 4.90 Å². The summed E-state index contributed by atoms with van der Waals surface area (Å²) in [5.74, 6) is -0.773. The molecule has 1 rings (SSSR count). The van der Waals surface area contributed by atoms with E-state index in [9.17, 15) is 14.0 Å². The van der Waals surface area contributed by atoms with Crippen molar-refractivity contribution in [2.75, 3.05) is 17.8 Å². The summed E-state index contributed by atoms with van der Waals surface area (Å²) in [5, 5.41) is 2.14. The maximum absolute atomic E-state index is 12.9. The van der Waals surface area contributed by atoms with E-state index in [1.54, 1.807) is 6.07 Å². The Labute approximate surface area is 103 Å². The molecule has 1 N–H and O–H groups in total. The number of benzene rings is 1. The molecule has 0 aliphatic heterocycles. The Hall–Kier alpha value is -1.62. The molecule has 0 fully saturated rings. The lowest BCUT2D eigenvalue weighted by molar-refractivity contribution is -0.119. The van der Waals surface area contributed by atoms with Gasteiger partial charge in [-0.15, -0.1) is 11.6 Å². The molecule has 0 saturated carbocycles. The van der Waals surface area contributed by atoms with Crippen molar-refractivity contribution in [3.05, 3.63) is 30.1 Å². The number of carbonyl (C=O) groups excluding carboxylic acids is 2. The molecule has 0 unspecified atom stereocenters. The molecular weight excluding hydrogens is 247 g/mol. The number of urea groups is 1. The number of amides is 3. The highest BCUT2D eigenvalue weighted by molar-refractivity contribution is 6.19. The Kier molecular flexibility index (Phi) is 4.90. The average molecular weight is 259 g/mol. The molecule has 4 nitrogen and oxygen atoms in total. The third kappa shape index (κ3) is 4.03. The number of rotatable bonds is 3. The van der Waals surface area contributed by atoms with Crippen molar-refractivity contribution in [2.45, 2.75) is 6.42 Å². The van der Waals surface area contributed by atoms with Gasteiger partial charge in [0.1, 0.15) is 5.82 Å². The minimum atomic E-state index is -0.620. The van der Waals surface area contributed by atoms with E-state index in [1.807, 2.05) is 0 Å². The highest BCUT2D eigenvalue weighted by atomic mass is 35.5. The molecule has 1 aromatic rings. The fourth-order valence-electron chi connectivity index (χ4n) is 1.15. The van der Waals surface area contributed by atoms with Gasteiger partial charge in [0.05, 0.1) is 0 Å². The zero-order valence-corrected chi connectivity index (χ0v) is 10.00. The standard InChI is InChI=1S/C11H12ClFN2O2/c1-15(9-4-2-3-8(13)7-9)11(17)14-10(16)5-6-12/h2-4,7H,5-6H2,1H3,(H,14,16,17). The molecule has 17 heavy (non-hydrogen) atoms. The van der Waals surface area contributed by atoms with Crippen LogP contribution in [0.25, 0.3) is 0 Å². The fourth-order valence-corrected chi connectivity index (χ4v) is 1.33.